The molecule has 31 heavy (non-hydrogen) atoms. The first-order valence-corrected chi connectivity index (χ1v) is 12.0. The predicted molar refractivity (Wildman–Crippen MR) is 128 cm³/mol. The quantitative estimate of drug-likeness (QED) is 0.528. The van der Waals surface area contributed by atoms with Crippen molar-refractivity contribution in [1.82, 2.24) is 9.88 Å². The molecule has 0 bridgehead atoms. The van der Waals surface area contributed by atoms with Crippen LogP contribution in [0.2, 0.25) is 0 Å². The van der Waals surface area contributed by atoms with Gasteiger partial charge in [-0.1, -0.05) is 39.0 Å². The molecule has 1 aromatic carbocycles. The largest absolute Gasteiger partial charge is 0.505 e. The lowest BCUT2D eigenvalue weighted by atomic mass is 9.88. The van der Waals surface area contributed by atoms with Gasteiger partial charge < -0.3 is 15.1 Å². The zero-order valence-corrected chi connectivity index (χ0v) is 19.5. The maximum absolute atomic E-state index is 11.8. The van der Waals surface area contributed by atoms with Crippen molar-refractivity contribution in [3.8, 4) is 5.75 Å². The van der Waals surface area contributed by atoms with Crippen LogP contribution >= 0.6 is 11.3 Å². The fraction of sp³-hybridized carbons (Fsp3) is 0.440. The highest BCUT2D eigenvalue weighted by atomic mass is 32.1. The van der Waals surface area contributed by atoms with Crippen molar-refractivity contribution in [2.75, 3.05) is 19.6 Å². The molecule has 2 N–H and O–H groups in total. The van der Waals surface area contributed by atoms with Crippen molar-refractivity contribution in [3.63, 3.8) is 0 Å². The number of carboxylic acids is 1. The molecular formula is C25H32N2O3S. The summed E-state index contributed by atoms with van der Waals surface area (Å²) < 4.78 is 0. The minimum absolute atomic E-state index is 0.0278. The van der Waals surface area contributed by atoms with E-state index in [-0.39, 0.29) is 11.3 Å². The SMILES string of the molecule is CCN(CC)CC.O=C(O)c1c(O)c(Cc2cccs2)nc2c3c(ccc12)CCCC3. The Balaban J connectivity index is 0.000000339. The number of aromatic nitrogens is 1. The molecule has 166 valence electrons. The molecule has 1 aliphatic carbocycles. The van der Waals surface area contributed by atoms with Crippen LogP contribution in [0.15, 0.2) is 29.6 Å². The summed E-state index contributed by atoms with van der Waals surface area (Å²) >= 11 is 1.58. The number of hydrogen-bond donors (Lipinski definition) is 2. The van der Waals surface area contributed by atoms with E-state index < -0.39 is 5.97 Å². The molecule has 5 nitrogen and oxygen atoms in total. The molecule has 2 heterocycles. The first-order valence-electron chi connectivity index (χ1n) is 11.1. The van der Waals surface area contributed by atoms with Crippen LogP contribution in [0, 0.1) is 0 Å². The number of carboxylic acid groups (broad SMARTS) is 1. The number of aromatic carboxylic acids is 1. The lowest BCUT2D eigenvalue weighted by Crippen LogP contribution is -2.21. The number of aryl methyl sites for hydroxylation is 2. The van der Waals surface area contributed by atoms with Crippen LogP contribution in [0.4, 0.5) is 0 Å². The summed E-state index contributed by atoms with van der Waals surface area (Å²) in [5.74, 6) is -1.32. The second-order valence-electron chi connectivity index (χ2n) is 7.77. The highest BCUT2D eigenvalue weighted by molar-refractivity contribution is 7.09. The van der Waals surface area contributed by atoms with Crippen molar-refractivity contribution < 1.29 is 15.0 Å². The molecule has 0 aliphatic heterocycles. The second-order valence-corrected chi connectivity index (χ2v) is 8.80. The second kappa shape index (κ2) is 10.7. The Morgan fingerprint density at radius 1 is 1.10 bits per heavy atom. The number of rotatable bonds is 6. The van der Waals surface area contributed by atoms with Crippen molar-refractivity contribution in [2.45, 2.75) is 52.9 Å². The van der Waals surface area contributed by atoms with E-state index in [0.29, 0.717) is 17.5 Å². The van der Waals surface area contributed by atoms with Crippen LogP contribution in [-0.4, -0.2) is 45.7 Å². The van der Waals surface area contributed by atoms with E-state index in [1.54, 1.807) is 17.4 Å². The Kier molecular flexibility index (Phi) is 8.04. The summed E-state index contributed by atoms with van der Waals surface area (Å²) in [5, 5.41) is 22.7. The van der Waals surface area contributed by atoms with Crippen molar-refractivity contribution >= 4 is 28.2 Å². The van der Waals surface area contributed by atoms with E-state index >= 15 is 0 Å². The van der Waals surface area contributed by atoms with E-state index in [4.69, 9.17) is 4.98 Å². The molecule has 3 aromatic rings. The number of fused-ring (bicyclic) bond motifs is 3. The van der Waals surface area contributed by atoms with Gasteiger partial charge >= 0.3 is 5.97 Å². The number of nitrogens with zero attached hydrogens (tertiary/aromatic N) is 2. The highest BCUT2D eigenvalue weighted by Gasteiger charge is 2.23. The molecule has 2 aromatic heterocycles. The number of pyridine rings is 1. The van der Waals surface area contributed by atoms with Crippen molar-refractivity contribution in [1.29, 1.82) is 0 Å². The predicted octanol–water partition coefficient (Wildman–Crippen LogP) is 5.52. The fourth-order valence-corrected chi connectivity index (χ4v) is 4.90. The summed E-state index contributed by atoms with van der Waals surface area (Å²) in [6, 6.07) is 7.70. The van der Waals surface area contributed by atoms with Gasteiger partial charge in [-0.25, -0.2) is 9.78 Å². The van der Waals surface area contributed by atoms with E-state index in [1.165, 1.54) is 25.2 Å². The Morgan fingerprint density at radius 3 is 2.39 bits per heavy atom. The van der Waals surface area contributed by atoms with Crippen LogP contribution in [0.1, 0.15) is 65.7 Å². The Hall–Kier alpha value is -2.44. The zero-order chi connectivity index (χ0) is 22.4. The summed E-state index contributed by atoms with van der Waals surface area (Å²) in [6.45, 7) is 10.1. The van der Waals surface area contributed by atoms with Gasteiger partial charge in [-0.3, -0.25) is 0 Å². The fourth-order valence-electron chi connectivity index (χ4n) is 4.19. The maximum Gasteiger partial charge on any atom is 0.340 e. The van der Waals surface area contributed by atoms with E-state index in [9.17, 15) is 15.0 Å². The summed E-state index contributed by atoms with van der Waals surface area (Å²) in [6.07, 6.45) is 4.63. The van der Waals surface area contributed by atoms with E-state index in [1.807, 2.05) is 23.6 Å². The molecule has 0 amide bonds. The van der Waals surface area contributed by atoms with Crippen molar-refractivity contribution in [3.05, 3.63) is 56.9 Å². The Labute approximate surface area is 188 Å². The molecule has 0 saturated heterocycles. The topological polar surface area (TPSA) is 73.7 Å². The molecule has 0 spiro atoms. The van der Waals surface area contributed by atoms with Crippen LogP contribution < -0.4 is 0 Å². The number of benzene rings is 1. The van der Waals surface area contributed by atoms with E-state index in [2.05, 4.69) is 25.7 Å². The smallest absolute Gasteiger partial charge is 0.340 e. The average Bonchev–Trinajstić information content (AvgIpc) is 3.29. The zero-order valence-electron chi connectivity index (χ0n) is 18.6. The molecule has 0 radical (unpaired) electrons. The summed E-state index contributed by atoms with van der Waals surface area (Å²) in [4.78, 5) is 19.9. The summed E-state index contributed by atoms with van der Waals surface area (Å²) in [7, 11) is 0. The van der Waals surface area contributed by atoms with Gasteiger partial charge in [-0.15, -0.1) is 11.3 Å². The minimum atomic E-state index is -1.11. The molecular weight excluding hydrogens is 408 g/mol. The van der Waals surface area contributed by atoms with Gasteiger partial charge in [0.25, 0.3) is 0 Å². The van der Waals surface area contributed by atoms with Gasteiger partial charge in [-0.05, 0) is 67.9 Å². The number of hydrogen-bond acceptors (Lipinski definition) is 5. The normalized spacial score (nSPS) is 13.0. The Bertz CT molecular complexity index is 1020. The van der Waals surface area contributed by atoms with Gasteiger partial charge in [0.1, 0.15) is 5.56 Å². The number of thiophene rings is 1. The monoisotopic (exact) mass is 440 g/mol. The molecule has 0 saturated carbocycles. The van der Waals surface area contributed by atoms with Crippen LogP contribution in [-0.2, 0) is 19.3 Å². The number of carbonyl (C=O) groups is 1. The molecule has 0 unspecified atom stereocenters. The van der Waals surface area contributed by atoms with Gasteiger partial charge in [0, 0.05) is 16.7 Å². The van der Waals surface area contributed by atoms with Gasteiger partial charge in [-0.2, -0.15) is 0 Å². The summed E-state index contributed by atoms with van der Waals surface area (Å²) in [5.41, 5.74) is 3.56. The minimum Gasteiger partial charge on any atom is -0.505 e. The van der Waals surface area contributed by atoms with E-state index in [0.717, 1.165) is 41.6 Å². The third-order valence-corrected chi connectivity index (χ3v) is 6.88. The van der Waals surface area contributed by atoms with Gasteiger partial charge in [0.15, 0.2) is 5.75 Å². The highest BCUT2D eigenvalue weighted by Crippen LogP contribution is 2.35. The molecule has 0 fully saturated rings. The Morgan fingerprint density at radius 2 is 1.81 bits per heavy atom. The van der Waals surface area contributed by atoms with Gasteiger partial charge in [0.2, 0.25) is 0 Å². The molecule has 6 heteroatoms. The van der Waals surface area contributed by atoms with Crippen LogP contribution in [0.25, 0.3) is 10.9 Å². The number of aromatic hydroxyl groups is 1. The molecule has 4 rings (SSSR count). The average molecular weight is 441 g/mol. The first-order chi connectivity index (χ1) is 15.0. The lowest BCUT2D eigenvalue weighted by Gasteiger charge is -2.19. The van der Waals surface area contributed by atoms with Crippen LogP contribution in [0.5, 0.6) is 5.75 Å². The lowest BCUT2D eigenvalue weighted by molar-refractivity contribution is 0.0695. The van der Waals surface area contributed by atoms with Gasteiger partial charge in [0.05, 0.1) is 11.2 Å². The molecule has 0 atom stereocenters. The third-order valence-electron chi connectivity index (χ3n) is 6.01. The first kappa shape index (κ1) is 23.2. The molecule has 1 aliphatic rings. The maximum atomic E-state index is 11.8. The standard InChI is InChI=1S/C19H17NO3S.C6H15N/c21-18-15(10-12-5-3-9-24-12)20-17-13-6-2-1-4-11(13)7-8-14(17)16(18)19(22)23;1-4-7(5-2)6-3/h3,5,7-9,21H,1-2,4,6,10H2,(H,22,23);4-6H2,1-3H3. The third kappa shape index (κ3) is 5.25. The van der Waals surface area contributed by atoms with Crippen LogP contribution in [0.3, 0.4) is 0 Å². The van der Waals surface area contributed by atoms with Crippen molar-refractivity contribution in [2.24, 2.45) is 0 Å².